The van der Waals surface area contributed by atoms with Gasteiger partial charge in [-0.15, -0.1) is 0 Å². The Morgan fingerprint density at radius 2 is 2.27 bits per heavy atom. The third-order valence-corrected chi connectivity index (χ3v) is 2.13. The van der Waals surface area contributed by atoms with Crippen molar-refractivity contribution in [2.45, 2.75) is 25.1 Å². The standard InChI is InChI=1S/C7H16N2O2/c8-6-2-1-3-9(4-5-10)7(6)11/h6-7,10-11H,1-5,8H2. The molecule has 11 heavy (non-hydrogen) atoms. The first-order chi connectivity index (χ1) is 5.25. The number of hydrogen-bond acceptors (Lipinski definition) is 4. The lowest BCUT2D eigenvalue weighted by molar-refractivity contribution is -0.0443. The van der Waals surface area contributed by atoms with E-state index in [4.69, 9.17) is 10.8 Å². The summed E-state index contributed by atoms with van der Waals surface area (Å²) in [6.45, 7) is 1.45. The topological polar surface area (TPSA) is 69.7 Å². The smallest absolute Gasteiger partial charge is 0.122 e. The van der Waals surface area contributed by atoms with E-state index < -0.39 is 6.23 Å². The molecule has 0 bridgehead atoms. The summed E-state index contributed by atoms with van der Waals surface area (Å²) in [5.74, 6) is 0. The van der Waals surface area contributed by atoms with Crippen molar-refractivity contribution >= 4 is 0 Å². The molecule has 1 aliphatic heterocycles. The number of nitrogens with two attached hydrogens (primary N) is 1. The Morgan fingerprint density at radius 3 is 2.91 bits per heavy atom. The fourth-order valence-corrected chi connectivity index (χ4v) is 1.45. The first-order valence-corrected chi connectivity index (χ1v) is 4.04. The highest BCUT2D eigenvalue weighted by molar-refractivity contribution is 4.78. The number of rotatable bonds is 2. The molecule has 0 radical (unpaired) electrons. The molecule has 2 atom stereocenters. The van der Waals surface area contributed by atoms with Gasteiger partial charge in [-0.05, 0) is 12.8 Å². The van der Waals surface area contributed by atoms with Crippen LogP contribution in [0.2, 0.25) is 0 Å². The fraction of sp³-hybridized carbons (Fsp3) is 1.00. The summed E-state index contributed by atoms with van der Waals surface area (Å²) in [7, 11) is 0. The van der Waals surface area contributed by atoms with Gasteiger partial charge in [-0.1, -0.05) is 0 Å². The van der Waals surface area contributed by atoms with Crippen molar-refractivity contribution in [1.82, 2.24) is 4.90 Å². The fourth-order valence-electron chi connectivity index (χ4n) is 1.45. The Balaban J connectivity index is 2.38. The maximum Gasteiger partial charge on any atom is 0.122 e. The number of nitrogens with zero attached hydrogens (tertiary/aromatic N) is 1. The molecule has 4 nitrogen and oxygen atoms in total. The molecule has 4 N–H and O–H groups in total. The van der Waals surface area contributed by atoms with Crippen molar-refractivity contribution in [3.8, 4) is 0 Å². The molecule has 1 heterocycles. The molecule has 2 unspecified atom stereocenters. The van der Waals surface area contributed by atoms with E-state index >= 15 is 0 Å². The van der Waals surface area contributed by atoms with Gasteiger partial charge in [0, 0.05) is 19.1 Å². The zero-order valence-corrected chi connectivity index (χ0v) is 6.61. The van der Waals surface area contributed by atoms with Gasteiger partial charge >= 0.3 is 0 Å². The van der Waals surface area contributed by atoms with Crippen LogP contribution >= 0.6 is 0 Å². The molecule has 4 heteroatoms. The van der Waals surface area contributed by atoms with Gasteiger partial charge in [-0.3, -0.25) is 4.90 Å². The second kappa shape index (κ2) is 4.01. The number of piperidine rings is 1. The van der Waals surface area contributed by atoms with Gasteiger partial charge in [-0.25, -0.2) is 0 Å². The highest BCUT2D eigenvalue weighted by Gasteiger charge is 2.25. The van der Waals surface area contributed by atoms with Crippen LogP contribution in [-0.4, -0.2) is 47.1 Å². The molecular formula is C7H16N2O2. The van der Waals surface area contributed by atoms with Crippen LogP contribution in [0.25, 0.3) is 0 Å². The van der Waals surface area contributed by atoms with E-state index in [0.717, 1.165) is 19.4 Å². The van der Waals surface area contributed by atoms with E-state index in [1.165, 1.54) is 0 Å². The molecule has 66 valence electrons. The molecule has 1 fully saturated rings. The molecule has 0 aromatic heterocycles. The molecule has 0 amide bonds. The summed E-state index contributed by atoms with van der Waals surface area (Å²) >= 11 is 0. The van der Waals surface area contributed by atoms with Gasteiger partial charge in [0.1, 0.15) is 6.23 Å². The quantitative estimate of drug-likeness (QED) is 0.470. The third kappa shape index (κ3) is 2.13. The van der Waals surface area contributed by atoms with Crippen LogP contribution in [-0.2, 0) is 0 Å². The second-order valence-corrected chi connectivity index (χ2v) is 2.98. The summed E-state index contributed by atoms with van der Waals surface area (Å²) in [4.78, 5) is 1.81. The zero-order chi connectivity index (χ0) is 8.27. The van der Waals surface area contributed by atoms with Crippen molar-refractivity contribution < 1.29 is 10.2 Å². The molecule has 1 rings (SSSR count). The van der Waals surface area contributed by atoms with Crippen molar-refractivity contribution in [3.63, 3.8) is 0 Å². The Kier molecular flexibility index (Phi) is 3.26. The van der Waals surface area contributed by atoms with Gasteiger partial charge in [0.25, 0.3) is 0 Å². The number of aliphatic hydroxyl groups excluding tert-OH is 2. The SMILES string of the molecule is NC1CCCN(CCO)C1O. The first kappa shape index (κ1) is 8.93. The molecule has 0 saturated carbocycles. The molecule has 0 aliphatic carbocycles. The van der Waals surface area contributed by atoms with E-state index in [1.54, 1.807) is 0 Å². The minimum Gasteiger partial charge on any atom is -0.395 e. The van der Waals surface area contributed by atoms with Gasteiger partial charge < -0.3 is 15.9 Å². The van der Waals surface area contributed by atoms with Crippen LogP contribution in [0.4, 0.5) is 0 Å². The summed E-state index contributed by atoms with van der Waals surface area (Å²) in [6.07, 6.45) is 1.33. The van der Waals surface area contributed by atoms with Gasteiger partial charge in [0.2, 0.25) is 0 Å². The summed E-state index contributed by atoms with van der Waals surface area (Å²) in [6, 6.07) is -0.143. The maximum atomic E-state index is 9.46. The largest absolute Gasteiger partial charge is 0.395 e. The second-order valence-electron chi connectivity index (χ2n) is 2.98. The molecule has 0 spiro atoms. The minimum absolute atomic E-state index is 0.0871. The average molecular weight is 160 g/mol. The van der Waals surface area contributed by atoms with E-state index in [2.05, 4.69) is 0 Å². The first-order valence-electron chi connectivity index (χ1n) is 4.04. The molecular weight excluding hydrogens is 144 g/mol. The average Bonchev–Trinajstić information content (AvgIpc) is 1.99. The lowest BCUT2D eigenvalue weighted by Crippen LogP contribution is -2.52. The number of hydrogen-bond donors (Lipinski definition) is 3. The zero-order valence-electron chi connectivity index (χ0n) is 6.61. The summed E-state index contributed by atoms with van der Waals surface area (Å²) < 4.78 is 0. The lowest BCUT2D eigenvalue weighted by atomic mass is 10.1. The molecule has 0 aromatic carbocycles. The van der Waals surface area contributed by atoms with Crippen molar-refractivity contribution in [2.24, 2.45) is 5.73 Å². The number of aliphatic hydroxyl groups is 2. The molecule has 0 aromatic rings. The number of likely N-dealkylation sites (tertiary alicyclic amines) is 1. The highest BCUT2D eigenvalue weighted by Crippen LogP contribution is 2.12. The van der Waals surface area contributed by atoms with Crippen LogP contribution in [0.15, 0.2) is 0 Å². The predicted octanol–water partition coefficient (Wildman–Crippen LogP) is -1.28. The van der Waals surface area contributed by atoms with Crippen molar-refractivity contribution in [3.05, 3.63) is 0 Å². The summed E-state index contributed by atoms with van der Waals surface area (Å²) in [5, 5.41) is 18.1. The monoisotopic (exact) mass is 160 g/mol. The van der Waals surface area contributed by atoms with E-state index in [0.29, 0.717) is 6.54 Å². The number of β-amino-alcohol motifs (C(OH)–C–C–N with tert-alkyl or cyclic N) is 1. The normalized spacial score (nSPS) is 34.1. The van der Waals surface area contributed by atoms with Crippen LogP contribution < -0.4 is 5.73 Å². The molecule has 1 saturated heterocycles. The van der Waals surface area contributed by atoms with E-state index in [-0.39, 0.29) is 12.6 Å². The van der Waals surface area contributed by atoms with Crippen LogP contribution in [0.1, 0.15) is 12.8 Å². The van der Waals surface area contributed by atoms with Crippen molar-refractivity contribution in [2.75, 3.05) is 19.7 Å². The van der Waals surface area contributed by atoms with Gasteiger partial charge in [0.05, 0.1) is 6.61 Å². The van der Waals surface area contributed by atoms with Crippen LogP contribution in [0, 0.1) is 0 Å². The van der Waals surface area contributed by atoms with E-state index in [1.807, 2.05) is 4.90 Å². The Bertz CT molecular complexity index is 119. The Labute approximate surface area is 66.6 Å². The van der Waals surface area contributed by atoms with E-state index in [9.17, 15) is 5.11 Å². The summed E-state index contributed by atoms with van der Waals surface area (Å²) in [5.41, 5.74) is 5.63. The minimum atomic E-state index is -0.559. The van der Waals surface area contributed by atoms with Crippen molar-refractivity contribution in [1.29, 1.82) is 0 Å². The van der Waals surface area contributed by atoms with Gasteiger partial charge in [0.15, 0.2) is 0 Å². The van der Waals surface area contributed by atoms with Crippen LogP contribution in [0.5, 0.6) is 0 Å². The lowest BCUT2D eigenvalue weighted by Gasteiger charge is -2.35. The maximum absolute atomic E-state index is 9.46. The highest BCUT2D eigenvalue weighted by atomic mass is 16.3. The predicted molar refractivity (Wildman–Crippen MR) is 41.9 cm³/mol. The molecule has 1 aliphatic rings. The third-order valence-electron chi connectivity index (χ3n) is 2.13. The Hall–Kier alpha value is -0.160. The van der Waals surface area contributed by atoms with Gasteiger partial charge in [-0.2, -0.15) is 0 Å². The van der Waals surface area contributed by atoms with Crippen LogP contribution in [0.3, 0.4) is 0 Å². The Morgan fingerprint density at radius 1 is 1.55 bits per heavy atom.